The van der Waals surface area contributed by atoms with Crippen molar-refractivity contribution in [1.29, 1.82) is 0 Å². The summed E-state index contributed by atoms with van der Waals surface area (Å²) >= 11 is 6.09. The molecule has 192 valence electrons. The largest absolute Gasteiger partial charge is 0.273 e. The molecule has 38 heavy (non-hydrogen) atoms. The third-order valence-electron chi connectivity index (χ3n) is 5.48. The number of non-ortho nitro benzene ring substituents is 1. The summed E-state index contributed by atoms with van der Waals surface area (Å²) < 4.78 is 28.6. The normalized spacial score (nSPS) is 11.3. The lowest BCUT2D eigenvalue weighted by atomic mass is 10.1. The number of carbonyl (C=O) groups excluding carboxylic acids is 1. The summed E-state index contributed by atoms with van der Waals surface area (Å²) in [6, 6.07) is 27.1. The summed E-state index contributed by atoms with van der Waals surface area (Å²) in [6.45, 7) is -0.0189. The molecule has 0 atom stereocenters. The van der Waals surface area contributed by atoms with Gasteiger partial charge in [0.2, 0.25) is 0 Å². The maximum absolute atomic E-state index is 13.7. The standard InChI is InChI=1S/C27H21ClN4O5S/c28-25-16-15-22(32(34)35)17-21(25)18-29-30-27(33)24-13-7-8-14-26(24)31(19-20-9-3-1-4-10-20)38(36,37)23-11-5-2-6-12-23/h1-18H,19H2,(H,30,33). The second-order valence-electron chi connectivity index (χ2n) is 7.99. The number of rotatable bonds is 9. The van der Waals surface area contributed by atoms with E-state index in [1.807, 2.05) is 6.07 Å². The number of nitrogens with one attached hydrogen (secondary N) is 1. The van der Waals surface area contributed by atoms with Crippen molar-refractivity contribution in [1.82, 2.24) is 5.43 Å². The molecule has 0 aliphatic heterocycles. The van der Waals surface area contributed by atoms with Gasteiger partial charge in [-0.05, 0) is 35.9 Å². The van der Waals surface area contributed by atoms with Crippen molar-refractivity contribution in [2.24, 2.45) is 5.10 Å². The van der Waals surface area contributed by atoms with Gasteiger partial charge in [0, 0.05) is 22.7 Å². The van der Waals surface area contributed by atoms with E-state index in [-0.39, 0.29) is 39.0 Å². The number of para-hydroxylation sites is 1. The summed E-state index contributed by atoms with van der Waals surface area (Å²) in [5.41, 5.74) is 3.33. The van der Waals surface area contributed by atoms with Gasteiger partial charge in [0.15, 0.2) is 0 Å². The molecule has 0 aromatic heterocycles. The maximum Gasteiger partial charge on any atom is 0.273 e. The zero-order valence-corrected chi connectivity index (χ0v) is 21.3. The molecule has 0 fully saturated rings. The van der Waals surface area contributed by atoms with Crippen LogP contribution in [0.2, 0.25) is 5.02 Å². The van der Waals surface area contributed by atoms with E-state index in [1.165, 1.54) is 46.9 Å². The number of nitro groups is 1. The first-order chi connectivity index (χ1) is 18.3. The van der Waals surface area contributed by atoms with E-state index in [4.69, 9.17) is 11.6 Å². The van der Waals surface area contributed by atoms with Crippen LogP contribution in [0.4, 0.5) is 11.4 Å². The first kappa shape index (κ1) is 26.5. The lowest BCUT2D eigenvalue weighted by Gasteiger charge is -2.26. The monoisotopic (exact) mass is 548 g/mol. The molecule has 0 aliphatic carbocycles. The number of anilines is 1. The average molecular weight is 549 g/mol. The van der Waals surface area contributed by atoms with Gasteiger partial charge in [-0.2, -0.15) is 5.10 Å². The van der Waals surface area contributed by atoms with Crippen molar-refractivity contribution < 1.29 is 18.1 Å². The van der Waals surface area contributed by atoms with E-state index in [9.17, 15) is 23.3 Å². The minimum atomic E-state index is -4.06. The number of halogens is 1. The average Bonchev–Trinajstić information content (AvgIpc) is 2.93. The number of hydrazone groups is 1. The summed E-state index contributed by atoms with van der Waals surface area (Å²) in [5.74, 6) is -0.681. The Kier molecular flexibility index (Phi) is 8.15. The Labute approximate surface area is 224 Å². The highest BCUT2D eigenvalue weighted by Gasteiger charge is 2.28. The smallest absolute Gasteiger partial charge is 0.267 e. The van der Waals surface area contributed by atoms with E-state index < -0.39 is 20.9 Å². The van der Waals surface area contributed by atoms with E-state index in [1.54, 1.807) is 60.7 Å². The Morgan fingerprint density at radius 1 is 0.947 bits per heavy atom. The van der Waals surface area contributed by atoms with Crippen LogP contribution in [0, 0.1) is 10.1 Å². The topological polar surface area (TPSA) is 122 Å². The Balaban J connectivity index is 1.68. The number of hydrogen-bond acceptors (Lipinski definition) is 6. The molecule has 0 saturated carbocycles. The highest BCUT2D eigenvalue weighted by Crippen LogP contribution is 2.29. The SMILES string of the molecule is O=C(NN=Cc1cc([N+](=O)[O-])ccc1Cl)c1ccccc1N(Cc1ccccc1)S(=O)(=O)c1ccccc1. The third-order valence-corrected chi connectivity index (χ3v) is 7.60. The van der Waals surface area contributed by atoms with Crippen molar-refractivity contribution >= 4 is 45.1 Å². The second kappa shape index (κ2) is 11.7. The van der Waals surface area contributed by atoms with Gasteiger partial charge in [-0.3, -0.25) is 19.2 Å². The lowest BCUT2D eigenvalue weighted by Crippen LogP contribution is -2.33. The van der Waals surface area contributed by atoms with Crippen molar-refractivity contribution in [3.8, 4) is 0 Å². The number of nitrogens with zero attached hydrogens (tertiary/aromatic N) is 3. The minimum absolute atomic E-state index is 0.0189. The number of benzene rings is 4. The summed E-state index contributed by atoms with van der Waals surface area (Å²) in [4.78, 5) is 23.7. The molecule has 4 aromatic carbocycles. The predicted octanol–water partition coefficient (Wildman–Crippen LogP) is 5.41. The molecule has 4 aromatic rings. The highest BCUT2D eigenvalue weighted by molar-refractivity contribution is 7.92. The van der Waals surface area contributed by atoms with E-state index >= 15 is 0 Å². The van der Waals surface area contributed by atoms with Crippen LogP contribution >= 0.6 is 11.6 Å². The predicted molar refractivity (Wildman–Crippen MR) is 146 cm³/mol. The van der Waals surface area contributed by atoms with Crippen molar-refractivity contribution in [3.05, 3.63) is 135 Å². The molecular weight excluding hydrogens is 528 g/mol. The van der Waals surface area contributed by atoms with Crippen LogP contribution in [0.5, 0.6) is 0 Å². The van der Waals surface area contributed by atoms with Crippen molar-refractivity contribution in [2.45, 2.75) is 11.4 Å². The zero-order chi connectivity index (χ0) is 27.1. The minimum Gasteiger partial charge on any atom is -0.267 e. The molecule has 4 rings (SSSR count). The quantitative estimate of drug-likeness (QED) is 0.170. The third kappa shape index (κ3) is 6.05. The van der Waals surface area contributed by atoms with Crippen LogP contribution < -0.4 is 9.73 Å². The zero-order valence-electron chi connectivity index (χ0n) is 19.8. The fourth-order valence-corrected chi connectivity index (χ4v) is 5.28. The molecule has 0 saturated heterocycles. The van der Waals surface area contributed by atoms with Crippen molar-refractivity contribution in [2.75, 3.05) is 4.31 Å². The van der Waals surface area contributed by atoms with Gasteiger partial charge in [0.05, 0.1) is 33.8 Å². The number of amides is 1. The molecule has 0 radical (unpaired) electrons. The molecule has 1 amide bonds. The van der Waals surface area contributed by atoms with Gasteiger partial charge < -0.3 is 0 Å². The van der Waals surface area contributed by atoms with E-state index in [2.05, 4.69) is 10.5 Å². The summed E-state index contributed by atoms with van der Waals surface area (Å²) in [6.07, 6.45) is 1.18. The molecule has 9 nitrogen and oxygen atoms in total. The molecule has 11 heteroatoms. The van der Waals surface area contributed by atoms with Crippen LogP contribution in [-0.2, 0) is 16.6 Å². The number of sulfonamides is 1. The fraction of sp³-hybridized carbons (Fsp3) is 0.0370. The Bertz CT molecular complexity index is 1600. The number of nitro benzene ring substituents is 1. The molecule has 0 unspecified atom stereocenters. The number of carbonyl (C=O) groups is 1. The van der Waals surface area contributed by atoms with Crippen LogP contribution in [0.15, 0.2) is 113 Å². The Morgan fingerprint density at radius 2 is 1.58 bits per heavy atom. The van der Waals surface area contributed by atoms with Gasteiger partial charge in [-0.15, -0.1) is 0 Å². The molecular formula is C27H21ClN4O5S. The van der Waals surface area contributed by atoms with Gasteiger partial charge in [0.1, 0.15) is 0 Å². The highest BCUT2D eigenvalue weighted by atomic mass is 35.5. The lowest BCUT2D eigenvalue weighted by molar-refractivity contribution is -0.384. The van der Waals surface area contributed by atoms with Crippen LogP contribution in [-0.4, -0.2) is 25.5 Å². The molecule has 0 heterocycles. The molecule has 1 N–H and O–H groups in total. The Morgan fingerprint density at radius 3 is 2.26 bits per heavy atom. The summed E-state index contributed by atoms with van der Waals surface area (Å²) in [7, 11) is -4.06. The van der Waals surface area contributed by atoms with Crippen LogP contribution in [0.1, 0.15) is 21.5 Å². The molecule has 0 aliphatic rings. The second-order valence-corrected chi connectivity index (χ2v) is 10.3. The van der Waals surface area contributed by atoms with Crippen molar-refractivity contribution in [3.63, 3.8) is 0 Å². The van der Waals surface area contributed by atoms with Crippen LogP contribution in [0.25, 0.3) is 0 Å². The summed E-state index contributed by atoms with van der Waals surface area (Å²) in [5, 5.41) is 15.1. The van der Waals surface area contributed by atoms with Gasteiger partial charge in [-0.25, -0.2) is 13.8 Å². The van der Waals surface area contributed by atoms with E-state index in [0.29, 0.717) is 0 Å². The molecule has 0 spiro atoms. The maximum atomic E-state index is 13.7. The fourth-order valence-electron chi connectivity index (χ4n) is 3.62. The van der Waals surface area contributed by atoms with Gasteiger partial charge in [-0.1, -0.05) is 72.3 Å². The number of hydrogen-bond donors (Lipinski definition) is 1. The van der Waals surface area contributed by atoms with Gasteiger partial charge in [0.25, 0.3) is 21.6 Å². The van der Waals surface area contributed by atoms with Crippen LogP contribution in [0.3, 0.4) is 0 Å². The first-order valence-electron chi connectivity index (χ1n) is 11.3. The van der Waals surface area contributed by atoms with Gasteiger partial charge >= 0.3 is 0 Å². The molecule has 0 bridgehead atoms. The first-order valence-corrected chi connectivity index (χ1v) is 13.1. The Hall–Kier alpha value is -4.54. The van der Waals surface area contributed by atoms with E-state index in [0.717, 1.165) is 5.56 Å².